The van der Waals surface area contributed by atoms with Gasteiger partial charge in [0, 0.05) is 31.7 Å². The van der Waals surface area contributed by atoms with Crippen LogP contribution in [0.25, 0.3) is 0 Å². The number of likely N-dealkylation sites (tertiary alicyclic amines) is 1. The van der Waals surface area contributed by atoms with Gasteiger partial charge >= 0.3 is 0 Å². The summed E-state index contributed by atoms with van der Waals surface area (Å²) in [4.78, 5) is 2.59. The van der Waals surface area contributed by atoms with Gasteiger partial charge in [-0.2, -0.15) is 0 Å². The third-order valence-electron chi connectivity index (χ3n) is 5.49. The third-order valence-corrected chi connectivity index (χ3v) is 5.49. The second-order valence-electron chi connectivity index (χ2n) is 7.21. The Morgan fingerprint density at radius 3 is 2.68 bits per heavy atom. The summed E-state index contributed by atoms with van der Waals surface area (Å²) >= 11 is 0. The van der Waals surface area contributed by atoms with Crippen molar-refractivity contribution in [3.8, 4) is 5.75 Å². The number of hydrogen-bond acceptors (Lipinski definition) is 4. The highest BCUT2D eigenvalue weighted by Crippen LogP contribution is 2.29. The molecule has 1 aromatic carbocycles. The summed E-state index contributed by atoms with van der Waals surface area (Å²) < 4.78 is 25.9. The van der Waals surface area contributed by atoms with Gasteiger partial charge in [-0.25, -0.2) is 9.71 Å². The van der Waals surface area contributed by atoms with Gasteiger partial charge in [0.05, 0.1) is 18.8 Å². The topological polar surface area (TPSA) is 47.8 Å². The van der Waals surface area contributed by atoms with Gasteiger partial charge in [0.2, 0.25) is 0 Å². The monoisotopic (exact) mass is 348 g/mol. The predicted octanol–water partition coefficient (Wildman–Crippen LogP) is 2.59. The fourth-order valence-corrected chi connectivity index (χ4v) is 3.77. The van der Waals surface area contributed by atoms with Crippen LogP contribution < -0.4 is 15.4 Å². The predicted molar refractivity (Wildman–Crippen MR) is 94.5 cm³/mol. The third kappa shape index (κ3) is 4.25. The zero-order valence-corrected chi connectivity index (χ0v) is 14.6. The van der Waals surface area contributed by atoms with Crippen LogP contribution in [0.15, 0.2) is 18.2 Å². The average molecular weight is 348 g/mol. The Kier molecular flexibility index (Phi) is 5.39. The molecule has 5 nitrogen and oxygen atoms in total. The largest absolute Gasteiger partial charge is 0.490 e. The first-order chi connectivity index (χ1) is 12.3. The Morgan fingerprint density at radius 2 is 2.04 bits per heavy atom. The molecule has 4 rings (SSSR count). The van der Waals surface area contributed by atoms with Crippen molar-refractivity contribution in [1.82, 2.24) is 10.2 Å². The molecule has 2 saturated heterocycles. The van der Waals surface area contributed by atoms with E-state index in [1.807, 2.05) is 6.07 Å². The van der Waals surface area contributed by atoms with Crippen LogP contribution in [-0.2, 0) is 4.74 Å². The molecule has 25 heavy (non-hydrogen) atoms. The molecular formula is C19H27FN3O2. The Morgan fingerprint density at radius 1 is 1.20 bits per heavy atom. The highest BCUT2D eigenvalue weighted by atomic mass is 19.1. The maximum Gasteiger partial charge on any atom is 0.150 e. The van der Waals surface area contributed by atoms with Crippen LogP contribution in [0.2, 0.25) is 0 Å². The van der Waals surface area contributed by atoms with Gasteiger partial charge in [0.15, 0.2) is 0 Å². The molecule has 1 radical (unpaired) electrons. The summed E-state index contributed by atoms with van der Waals surface area (Å²) in [7, 11) is 0. The number of anilines is 1. The number of rotatable bonds is 5. The molecule has 0 aromatic heterocycles. The van der Waals surface area contributed by atoms with Gasteiger partial charge in [0.1, 0.15) is 23.9 Å². The molecule has 1 aromatic rings. The first-order valence-electron chi connectivity index (χ1n) is 9.49. The lowest BCUT2D eigenvalue weighted by molar-refractivity contribution is 0.0448. The molecule has 0 bridgehead atoms. The molecule has 1 atom stereocenters. The van der Waals surface area contributed by atoms with Crippen molar-refractivity contribution in [2.75, 3.05) is 38.1 Å². The van der Waals surface area contributed by atoms with E-state index in [4.69, 9.17) is 9.47 Å². The zero-order valence-electron chi connectivity index (χ0n) is 14.6. The lowest BCUT2D eigenvalue weighted by atomic mass is 9.90. The lowest BCUT2D eigenvalue weighted by Gasteiger charge is -2.41. The molecule has 2 heterocycles. The van der Waals surface area contributed by atoms with Crippen molar-refractivity contribution in [2.45, 2.75) is 50.5 Å². The second-order valence-corrected chi connectivity index (χ2v) is 7.21. The SMILES string of the molecule is Fc1cc(OC2CCN(C3CCC3)CC2)ccc1NC1C[N]CCO1. The lowest BCUT2D eigenvalue weighted by Crippen LogP contribution is -2.46. The quantitative estimate of drug-likeness (QED) is 0.889. The molecule has 1 unspecified atom stereocenters. The number of ether oxygens (including phenoxy) is 2. The molecule has 137 valence electrons. The smallest absolute Gasteiger partial charge is 0.150 e. The Labute approximate surface area is 148 Å². The van der Waals surface area contributed by atoms with Crippen LogP contribution in [0.3, 0.4) is 0 Å². The van der Waals surface area contributed by atoms with Crippen LogP contribution in [0.1, 0.15) is 32.1 Å². The molecule has 1 aliphatic carbocycles. The van der Waals surface area contributed by atoms with Crippen molar-refractivity contribution in [2.24, 2.45) is 0 Å². The summed E-state index contributed by atoms with van der Waals surface area (Å²) in [5.74, 6) is 0.304. The van der Waals surface area contributed by atoms with E-state index in [-0.39, 0.29) is 18.1 Å². The van der Waals surface area contributed by atoms with E-state index in [0.29, 0.717) is 31.1 Å². The van der Waals surface area contributed by atoms with Crippen molar-refractivity contribution in [1.29, 1.82) is 0 Å². The Hall–Kier alpha value is -1.37. The minimum atomic E-state index is -0.307. The summed E-state index contributed by atoms with van der Waals surface area (Å²) in [6, 6.07) is 5.84. The minimum Gasteiger partial charge on any atom is -0.490 e. The van der Waals surface area contributed by atoms with Gasteiger partial charge in [0.25, 0.3) is 0 Å². The molecule has 0 spiro atoms. The molecule has 6 heteroatoms. The van der Waals surface area contributed by atoms with Crippen molar-refractivity contribution in [3.63, 3.8) is 0 Å². The standard InChI is InChI=1S/C19H27FN3O2/c20-17-12-16(4-5-18(17)22-19-13-21-8-11-24-19)25-15-6-9-23(10-7-15)14-2-1-3-14/h4-5,12,14-15,19,22H,1-3,6-11,13H2. The highest BCUT2D eigenvalue weighted by molar-refractivity contribution is 5.48. The molecule has 2 aliphatic heterocycles. The van der Waals surface area contributed by atoms with Crippen LogP contribution >= 0.6 is 0 Å². The van der Waals surface area contributed by atoms with Crippen molar-refractivity contribution < 1.29 is 13.9 Å². The van der Waals surface area contributed by atoms with E-state index in [0.717, 1.165) is 32.0 Å². The number of hydrogen-bond donors (Lipinski definition) is 1. The number of piperidine rings is 1. The maximum atomic E-state index is 14.3. The van der Waals surface area contributed by atoms with E-state index >= 15 is 0 Å². The van der Waals surface area contributed by atoms with Gasteiger partial charge in [-0.3, -0.25) is 0 Å². The number of nitrogens with zero attached hydrogens (tertiary/aromatic N) is 2. The zero-order chi connectivity index (χ0) is 17.1. The summed E-state index contributed by atoms with van der Waals surface area (Å²) in [5, 5.41) is 7.33. The molecule has 0 amide bonds. The van der Waals surface area contributed by atoms with Gasteiger partial charge in [-0.15, -0.1) is 0 Å². The second kappa shape index (κ2) is 7.89. The van der Waals surface area contributed by atoms with Gasteiger partial charge in [-0.05, 0) is 37.8 Å². The van der Waals surface area contributed by atoms with Gasteiger partial charge in [-0.1, -0.05) is 6.42 Å². The number of halogens is 1. The highest BCUT2D eigenvalue weighted by Gasteiger charge is 2.29. The van der Waals surface area contributed by atoms with E-state index in [9.17, 15) is 4.39 Å². The van der Waals surface area contributed by atoms with Crippen LogP contribution in [0.4, 0.5) is 10.1 Å². The van der Waals surface area contributed by atoms with Crippen molar-refractivity contribution >= 4 is 5.69 Å². The number of nitrogens with one attached hydrogen (secondary N) is 1. The van der Waals surface area contributed by atoms with Crippen LogP contribution in [0.5, 0.6) is 5.75 Å². The Balaban J connectivity index is 1.28. The molecule has 1 N–H and O–H groups in total. The molecule has 1 saturated carbocycles. The first-order valence-corrected chi connectivity index (χ1v) is 9.49. The maximum absolute atomic E-state index is 14.3. The first kappa shape index (κ1) is 17.1. The normalized spacial score (nSPS) is 26.2. The van der Waals surface area contributed by atoms with E-state index in [2.05, 4.69) is 15.5 Å². The van der Waals surface area contributed by atoms with Crippen LogP contribution in [0, 0.1) is 5.82 Å². The van der Waals surface area contributed by atoms with E-state index < -0.39 is 0 Å². The van der Waals surface area contributed by atoms with E-state index in [1.165, 1.54) is 25.3 Å². The summed E-state index contributed by atoms with van der Waals surface area (Å²) in [6.45, 7) is 4.05. The number of morpholine rings is 1. The summed E-state index contributed by atoms with van der Waals surface area (Å²) in [6.07, 6.45) is 6.07. The van der Waals surface area contributed by atoms with Crippen molar-refractivity contribution in [3.05, 3.63) is 24.0 Å². The Bertz CT molecular complexity index is 568. The van der Waals surface area contributed by atoms with Gasteiger partial charge < -0.3 is 19.7 Å². The fourth-order valence-electron chi connectivity index (χ4n) is 3.77. The fraction of sp³-hybridized carbons (Fsp3) is 0.684. The van der Waals surface area contributed by atoms with E-state index in [1.54, 1.807) is 6.07 Å². The number of benzene rings is 1. The van der Waals surface area contributed by atoms with Crippen LogP contribution in [-0.4, -0.2) is 56.1 Å². The molecular weight excluding hydrogens is 321 g/mol. The minimum absolute atomic E-state index is 0.190. The molecule has 3 aliphatic rings. The molecule has 3 fully saturated rings. The summed E-state index contributed by atoms with van der Waals surface area (Å²) in [5.41, 5.74) is 0.439. The average Bonchev–Trinajstić information content (AvgIpc) is 2.58.